The second-order valence-corrected chi connectivity index (χ2v) is 8.72. The Hall–Kier alpha value is -3.54. The first kappa shape index (κ1) is 22.3. The summed E-state index contributed by atoms with van der Waals surface area (Å²) in [5.41, 5.74) is 0.138. The van der Waals surface area contributed by atoms with E-state index in [0.717, 1.165) is 6.42 Å². The maximum absolute atomic E-state index is 13.6. The predicted octanol–water partition coefficient (Wildman–Crippen LogP) is 2.29. The molecule has 5 rings (SSSR count). The van der Waals surface area contributed by atoms with Crippen LogP contribution in [0, 0.1) is 0 Å². The molecule has 2 fully saturated rings. The maximum atomic E-state index is 13.6. The highest BCUT2D eigenvalue weighted by molar-refractivity contribution is 6.00. The van der Waals surface area contributed by atoms with Crippen LogP contribution in [0.15, 0.2) is 35.4 Å². The quantitative estimate of drug-likeness (QED) is 0.433. The number of halogens is 2. The first-order valence-electron chi connectivity index (χ1n) is 11.2. The fourth-order valence-electron chi connectivity index (χ4n) is 4.54. The normalized spacial score (nSPS) is 23.5. The molecule has 34 heavy (non-hydrogen) atoms. The van der Waals surface area contributed by atoms with Gasteiger partial charge in [-0.25, -0.2) is 13.8 Å². The largest absolute Gasteiger partial charge is 0.391 e. The zero-order valence-electron chi connectivity index (χ0n) is 18.5. The molecule has 4 N–H and O–H groups in total. The molecule has 3 heterocycles. The molecule has 0 bridgehead atoms. The summed E-state index contributed by atoms with van der Waals surface area (Å²) in [7, 11) is 1.66. The number of aromatic nitrogens is 4. The van der Waals surface area contributed by atoms with E-state index in [1.807, 2.05) is 0 Å². The van der Waals surface area contributed by atoms with Crippen LogP contribution in [0.3, 0.4) is 0 Å². The van der Waals surface area contributed by atoms with Crippen LogP contribution in [0.4, 0.5) is 26.1 Å². The van der Waals surface area contributed by atoms with E-state index in [4.69, 9.17) is 0 Å². The smallest absolute Gasteiger partial charge is 0.274 e. The van der Waals surface area contributed by atoms with E-state index in [-0.39, 0.29) is 47.2 Å². The number of rotatable bonds is 6. The van der Waals surface area contributed by atoms with Gasteiger partial charge in [-0.2, -0.15) is 9.61 Å². The SMILES string of the molecule is CNc1cc(Nc2cccn([C@@H]3CCC[C@@H]3O)c2=O)nc2c(C(=O)NC3CCC3(F)F)cnn12. The van der Waals surface area contributed by atoms with Gasteiger partial charge in [-0.05, 0) is 37.8 Å². The Balaban J connectivity index is 1.47. The van der Waals surface area contributed by atoms with Crippen LogP contribution >= 0.6 is 0 Å². The Labute approximate surface area is 193 Å². The van der Waals surface area contributed by atoms with Crippen LogP contribution in [-0.2, 0) is 0 Å². The molecule has 0 spiro atoms. The topological polar surface area (TPSA) is 126 Å². The molecule has 2 aliphatic carbocycles. The van der Waals surface area contributed by atoms with Crippen molar-refractivity contribution in [2.75, 3.05) is 17.7 Å². The van der Waals surface area contributed by atoms with Gasteiger partial charge >= 0.3 is 0 Å². The molecular weight excluding hydrogens is 448 g/mol. The molecular formula is C22H25F2N7O3. The number of fused-ring (bicyclic) bond motifs is 1. The van der Waals surface area contributed by atoms with Crippen molar-refractivity contribution < 1.29 is 18.7 Å². The predicted molar refractivity (Wildman–Crippen MR) is 121 cm³/mol. The van der Waals surface area contributed by atoms with Gasteiger partial charge in [0.15, 0.2) is 5.65 Å². The molecule has 1 unspecified atom stereocenters. The van der Waals surface area contributed by atoms with Crippen LogP contribution in [-0.4, -0.2) is 55.3 Å². The number of nitrogens with one attached hydrogen (secondary N) is 3. The number of hydrogen-bond donors (Lipinski definition) is 4. The zero-order chi connectivity index (χ0) is 24.0. The van der Waals surface area contributed by atoms with E-state index < -0.39 is 24.0 Å². The van der Waals surface area contributed by atoms with Gasteiger partial charge in [-0.1, -0.05) is 0 Å². The number of carbonyl (C=O) groups excluding carboxylic acids is 1. The second kappa shape index (κ2) is 8.35. The monoisotopic (exact) mass is 473 g/mol. The lowest BCUT2D eigenvalue weighted by atomic mass is 9.88. The number of amides is 1. The number of aliphatic hydroxyl groups excluding tert-OH is 1. The lowest BCUT2D eigenvalue weighted by Gasteiger charge is -2.36. The van der Waals surface area contributed by atoms with Gasteiger partial charge in [-0.15, -0.1) is 0 Å². The molecule has 3 aromatic heterocycles. The van der Waals surface area contributed by atoms with Crippen LogP contribution in [0.25, 0.3) is 5.65 Å². The standard InChI is InChI=1S/C22H25F2N7O3/c1-25-18-10-17(27-13-4-3-9-30(21(13)34)14-5-2-6-15(14)32)29-19-12(11-26-31(18)19)20(33)28-16-7-8-22(16,23)24/h3-4,9-11,14-16,25,32H,2,5-8H2,1H3,(H,27,29)(H,28,33)/t14-,15+,16?/m1/s1. The first-order valence-corrected chi connectivity index (χ1v) is 11.2. The lowest BCUT2D eigenvalue weighted by molar-refractivity contribution is -0.102. The van der Waals surface area contributed by atoms with E-state index in [1.54, 1.807) is 31.4 Å². The molecule has 0 aromatic carbocycles. The third-order valence-corrected chi connectivity index (χ3v) is 6.59. The van der Waals surface area contributed by atoms with Crippen molar-refractivity contribution in [1.29, 1.82) is 0 Å². The Kier molecular flexibility index (Phi) is 5.47. The average molecular weight is 473 g/mol. The first-order chi connectivity index (χ1) is 16.3. The summed E-state index contributed by atoms with van der Waals surface area (Å²) < 4.78 is 30.2. The molecule has 2 saturated carbocycles. The van der Waals surface area contributed by atoms with Gasteiger partial charge in [-0.3, -0.25) is 9.59 Å². The van der Waals surface area contributed by atoms with Crippen LogP contribution < -0.4 is 21.5 Å². The number of pyridine rings is 1. The number of nitrogens with zero attached hydrogens (tertiary/aromatic N) is 4. The number of alkyl halides is 2. The molecule has 0 aliphatic heterocycles. The van der Waals surface area contributed by atoms with Gasteiger partial charge in [0.25, 0.3) is 17.4 Å². The highest BCUT2D eigenvalue weighted by Gasteiger charge is 2.49. The summed E-state index contributed by atoms with van der Waals surface area (Å²) in [5, 5.41) is 22.7. The highest BCUT2D eigenvalue weighted by atomic mass is 19.3. The molecule has 180 valence electrons. The van der Waals surface area contributed by atoms with E-state index in [2.05, 4.69) is 26.0 Å². The molecule has 0 saturated heterocycles. The summed E-state index contributed by atoms with van der Waals surface area (Å²) in [5.74, 6) is -2.87. The van der Waals surface area contributed by atoms with Gasteiger partial charge in [0.1, 0.15) is 22.9 Å². The minimum Gasteiger partial charge on any atom is -0.391 e. The lowest BCUT2D eigenvalue weighted by Crippen LogP contribution is -2.55. The highest BCUT2D eigenvalue weighted by Crippen LogP contribution is 2.37. The molecule has 1 amide bonds. The minimum atomic E-state index is -2.92. The van der Waals surface area contributed by atoms with E-state index in [1.165, 1.54) is 15.3 Å². The number of carbonyl (C=O) groups is 1. The van der Waals surface area contributed by atoms with Crippen molar-refractivity contribution in [2.24, 2.45) is 0 Å². The van der Waals surface area contributed by atoms with Crippen molar-refractivity contribution in [3.63, 3.8) is 0 Å². The number of anilines is 3. The summed E-state index contributed by atoms with van der Waals surface area (Å²) >= 11 is 0. The molecule has 2 aliphatic rings. The summed E-state index contributed by atoms with van der Waals surface area (Å²) in [6, 6.07) is 3.43. The third-order valence-electron chi connectivity index (χ3n) is 6.59. The van der Waals surface area contributed by atoms with Gasteiger partial charge in [0.2, 0.25) is 0 Å². The molecule has 12 heteroatoms. The van der Waals surface area contributed by atoms with E-state index in [9.17, 15) is 23.5 Å². The second-order valence-electron chi connectivity index (χ2n) is 8.72. The van der Waals surface area contributed by atoms with Crippen LogP contribution in [0.1, 0.15) is 48.5 Å². The van der Waals surface area contributed by atoms with Gasteiger partial charge in [0, 0.05) is 25.7 Å². The van der Waals surface area contributed by atoms with Crippen molar-refractivity contribution in [3.8, 4) is 0 Å². The van der Waals surface area contributed by atoms with E-state index >= 15 is 0 Å². The van der Waals surface area contributed by atoms with Gasteiger partial charge < -0.3 is 25.6 Å². The summed E-state index contributed by atoms with van der Waals surface area (Å²) in [6.07, 6.45) is 4.51. The van der Waals surface area contributed by atoms with E-state index in [0.29, 0.717) is 18.7 Å². The summed E-state index contributed by atoms with van der Waals surface area (Å²) in [4.78, 5) is 30.2. The van der Waals surface area contributed by atoms with Crippen molar-refractivity contribution >= 4 is 28.9 Å². The average Bonchev–Trinajstić information content (AvgIpc) is 3.43. The molecule has 0 radical (unpaired) electrons. The Morgan fingerprint density at radius 3 is 2.76 bits per heavy atom. The fraction of sp³-hybridized carbons (Fsp3) is 0.455. The minimum absolute atomic E-state index is 0.0439. The van der Waals surface area contributed by atoms with Gasteiger partial charge in [0.05, 0.1) is 24.4 Å². The fourth-order valence-corrected chi connectivity index (χ4v) is 4.54. The number of aliphatic hydroxyl groups is 1. The molecule has 3 atom stereocenters. The zero-order valence-corrected chi connectivity index (χ0v) is 18.5. The molecule has 3 aromatic rings. The molecule has 10 nitrogen and oxygen atoms in total. The Bertz CT molecular complexity index is 1310. The Morgan fingerprint density at radius 2 is 2.12 bits per heavy atom. The van der Waals surface area contributed by atoms with Crippen molar-refractivity contribution in [1.82, 2.24) is 24.5 Å². The van der Waals surface area contributed by atoms with Crippen LogP contribution in [0.5, 0.6) is 0 Å². The van der Waals surface area contributed by atoms with Crippen LogP contribution in [0.2, 0.25) is 0 Å². The van der Waals surface area contributed by atoms with Crippen molar-refractivity contribution in [3.05, 3.63) is 46.5 Å². The summed E-state index contributed by atoms with van der Waals surface area (Å²) in [6.45, 7) is 0. The maximum Gasteiger partial charge on any atom is 0.274 e. The Morgan fingerprint density at radius 1 is 1.29 bits per heavy atom. The number of hydrogen-bond acceptors (Lipinski definition) is 7. The van der Waals surface area contributed by atoms with Crippen molar-refractivity contribution in [2.45, 2.75) is 56.2 Å². The third kappa shape index (κ3) is 3.77.